The SMILES string of the molecule is COc1ccc(S(=O)(=O)N(CC(=O)N(Cc2cccc(C)c2)[C@@H](C)C(=O)NC2CCCC2)c2ccc(C)cc2)cc1. The normalized spacial score (nSPS) is 14.3. The summed E-state index contributed by atoms with van der Waals surface area (Å²) in [5.41, 5.74) is 3.21. The molecule has 3 aromatic rings. The van der Waals surface area contributed by atoms with Crippen molar-refractivity contribution in [2.24, 2.45) is 0 Å². The van der Waals surface area contributed by atoms with Gasteiger partial charge in [0, 0.05) is 12.6 Å². The molecule has 1 aliphatic carbocycles. The maximum atomic E-state index is 14.1. The molecule has 0 bridgehead atoms. The van der Waals surface area contributed by atoms with E-state index in [1.165, 1.54) is 24.1 Å². The van der Waals surface area contributed by atoms with Gasteiger partial charge in [0.2, 0.25) is 11.8 Å². The van der Waals surface area contributed by atoms with Crippen molar-refractivity contribution in [2.75, 3.05) is 18.0 Å². The van der Waals surface area contributed by atoms with Crippen molar-refractivity contribution >= 4 is 27.5 Å². The molecular weight excluding hydrogens is 538 g/mol. The van der Waals surface area contributed by atoms with Gasteiger partial charge in [0.05, 0.1) is 17.7 Å². The molecule has 8 nitrogen and oxygen atoms in total. The number of sulfonamides is 1. The highest BCUT2D eigenvalue weighted by Crippen LogP contribution is 2.26. The van der Waals surface area contributed by atoms with Gasteiger partial charge in [0.15, 0.2) is 0 Å². The van der Waals surface area contributed by atoms with Crippen molar-refractivity contribution in [3.8, 4) is 5.75 Å². The van der Waals surface area contributed by atoms with Gasteiger partial charge in [-0.15, -0.1) is 0 Å². The topological polar surface area (TPSA) is 96.0 Å². The van der Waals surface area contributed by atoms with Crippen LogP contribution < -0.4 is 14.4 Å². The van der Waals surface area contributed by atoms with Gasteiger partial charge in [-0.1, -0.05) is 60.4 Å². The number of hydrogen-bond donors (Lipinski definition) is 1. The van der Waals surface area contributed by atoms with E-state index < -0.39 is 28.5 Å². The predicted molar refractivity (Wildman–Crippen MR) is 160 cm³/mol. The van der Waals surface area contributed by atoms with E-state index in [-0.39, 0.29) is 23.4 Å². The lowest BCUT2D eigenvalue weighted by Crippen LogP contribution is -2.52. The molecule has 1 N–H and O–H groups in total. The molecule has 218 valence electrons. The van der Waals surface area contributed by atoms with Gasteiger partial charge in [0.1, 0.15) is 18.3 Å². The monoisotopic (exact) mass is 577 g/mol. The summed E-state index contributed by atoms with van der Waals surface area (Å²) in [5.74, 6) is -0.190. The van der Waals surface area contributed by atoms with Crippen LogP contribution in [0.4, 0.5) is 5.69 Å². The number of hydrogen-bond acceptors (Lipinski definition) is 5. The lowest BCUT2D eigenvalue weighted by atomic mass is 10.1. The number of nitrogens with zero attached hydrogens (tertiary/aromatic N) is 2. The summed E-state index contributed by atoms with van der Waals surface area (Å²) in [5, 5.41) is 3.09. The molecule has 0 heterocycles. The van der Waals surface area contributed by atoms with Crippen LogP contribution in [0.15, 0.2) is 77.7 Å². The maximum absolute atomic E-state index is 14.1. The van der Waals surface area contributed by atoms with E-state index in [0.717, 1.165) is 46.7 Å². The number of carbonyl (C=O) groups is 2. The summed E-state index contributed by atoms with van der Waals surface area (Å²) in [7, 11) is -2.63. The molecule has 1 aliphatic rings. The van der Waals surface area contributed by atoms with Crippen LogP contribution in [0.25, 0.3) is 0 Å². The van der Waals surface area contributed by atoms with E-state index in [1.54, 1.807) is 43.3 Å². The number of methoxy groups -OCH3 is 1. The summed E-state index contributed by atoms with van der Waals surface area (Å²) >= 11 is 0. The lowest BCUT2D eigenvalue weighted by molar-refractivity contribution is -0.139. The number of ether oxygens (including phenoxy) is 1. The first-order valence-electron chi connectivity index (χ1n) is 14.0. The first-order chi connectivity index (χ1) is 19.6. The Balaban J connectivity index is 1.68. The number of carbonyl (C=O) groups excluding carboxylic acids is 2. The third-order valence-corrected chi connectivity index (χ3v) is 9.34. The molecule has 1 atom stereocenters. The Morgan fingerprint density at radius 1 is 0.951 bits per heavy atom. The average Bonchev–Trinajstić information content (AvgIpc) is 3.48. The van der Waals surface area contributed by atoms with Crippen molar-refractivity contribution < 1.29 is 22.7 Å². The van der Waals surface area contributed by atoms with E-state index in [0.29, 0.717) is 11.4 Å². The van der Waals surface area contributed by atoms with Crippen LogP contribution in [0.2, 0.25) is 0 Å². The highest BCUT2D eigenvalue weighted by atomic mass is 32.2. The number of rotatable bonds is 11. The van der Waals surface area contributed by atoms with Crippen LogP contribution in [0.3, 0.4) is 0 Å². The van der Waals surface area contributed by atoms with E-state index >= 15 is 0 Å². The van der Waals surface area contributed by atoms with Crippen LogP contribution >= 0.6 is 0 Å². The smallest absolute Gasteiger partial charge is 0.264 e. The molecule has 0 aromatic heterocycles. The Hall–Kier alpha value is -3.85. The zero-order valence-electron chi connectivity index (χ0n) is 24.2. The van der Waals surface area contributed by atoms with Crippen LogP contribution in [-0.2, 0) is 26.2 Å². The number of nitrogens with one attached hydrogen (secondary N) is 1. The van der Waals surface area contributed by atoms with Crippen LogP contribution in [0, 0.1) is 13.8 Å². The first kappa shape index (κ1) is 30.1. The van der Waals surface area contributed by atoms with Gasteiger partial charge >= 0.3 is 0 Å². The summed E-state index contributed by atoms with van der Waals surface area (Å²) in [4.78, 5) is 28.9. The van der Waals surface area contributed by atoms with Crippen molar-refractivity contribution in [2.45, 2.75) is 70.0 Å². The van der Waals surface area contributed by atoms with Gasteiger partial charge in [-0.25, -0.2) is 8.42 Å². The molecule has 1 fully saturated rings. The van der Waals surface area contributed by atoms with E-state index in [9.17, 15) is 18.0 Å². The Morgan fingerprint density at radius 2 is 1.61 bits per heavy atom. The van der Waals surface area contributed by atoms with E-state index in [2.05, 4.69) is 5.32 Å². The Labute approximate surface area is 243 Å². The fourth-order valence-electron chi connectivity index (χ4n) is 5.10. The van der Waals surface area contributed by atoms with Gasteiger partial charge in [-0.3, -0.25) is 13.9 Å². The van der Waals surface area contributed by atoms with Gasteiger partial charge in [-0.05, 0) is 75.6 Å². The highest BCUT2D eigenvalue weighted by molar-refractivity contribution is 7.92. The molecular formula is C32H39N3O5S. The molecule has 2 amide bonds. The lowest BCUT2D eigenvalue weighted by Gasteiger charge is -2.32. The van der Waals surface area contributed by atoms with Crippen LogP contribution in [0.5, 0.6) is 5.75 Å². The molecule has 3 aromatic carbocycles. The second kappa shape index (κ2) is 13.2. The molecule has 0 saturated heterocycles. The van der Waals surface area contributed by atoms with Crippen molar-refractivity contribution in [3.63, 3.8) is 0 Å². The van der Waals surface area contributed by atoms with Crippen LogP contribution in [0.1, 0.15) is 49.3 Å². The Kier molecular flexibility index (Phi) is 9.70. The van der Waals surface area contributed by atoms with Crippen molar-refractivity contribution in [3.05, 3.63) is 89.5 Å². The van der Waals surface area contributed by atoms with Crippen molar-refractivity contribution in [1.29, 1.82) is 0 Å². The number of aryl methyl sites for hydroxylation is 2. The van der Waals surface area contributed by atoms with Gasteiger partial charge < -0.3 is 15.0 Å². The molecule has 9 heteroatoms. The zero-order chi connectivity index (χ0) is 29.6. The minimum Gasteiger partial charge on any atom is -0.497 e. The third kappa shape index (κ3) is 7.47. The van der Waals surface area contributed by atoms with E-state index in [1.807, 2.05) is 38.1 Å². The van der Waals surface area contributed by atoms with Crippen LogP contribution in [-0.4, -0.2) is 50.9 Å². The van der Waals surface area contributed by atoms with Gasteiger partial charge in [-0.2, -0.15) is 0 Å². The average molecular weight is 578 g/mol. The Morgan fingerprint density at radius 3 is 2.22 bits per heavy atom. The molecule has 41 heavy (non-hydrogen) atoms. The minimum absolute atomic E-state index is 0.0314. The molecule has 0 unspecified atom stereocenters. The van der Waals surface area contributed by atoms with E-state index in [4.69, 9.17) is 4.74 Å². The summed E-state index contributed by atoms with van der Waals surface area (Å²) in [6.07, 6.45) is 3.98. The summed E-state index contributed by atoms with van der Waals surface area (Å²) < 4.78 is 34.2. The number of benzene rings is 3. The minimum atomic E-state index is -4.13. The molecule has 0 radical (unpaired) electrons. The second-order valence-corrected chi connectivity index (χ2v) is 12.6. The fourth-order valence-corrected chi connectivity index (χ4v) is 6.51. The Bertz CT molecular complexity index is 1450. The molecule has 4 rings (SSSR count). The molecule has 0 aliphatic heterocycles. The summed E-state index contributed by atoms with van der Waals surface area (Å²) in [6.45, 7) is 5.28. The molecule has 1 saturated carbocycles. The largest absolute Gasteiger partial charge is 0.497 e. The molecule has 0 spiro atoms. The number of amides is 2. The van der Waals surface area contributed by atoms with Crippen molar-refractivity contribution in [1.82, 2.24) is 10.2 Å². The summed E-state index contributed by atoms with van der Waals surface area (Å²) in [6, 6.07) is 20.1. The standard InChI is InChI=1S/C32H39N3O5S/c1-23-12-14-28(15-13-23)35(41(38,39)30-18-16-29(40-4)17-19-30)22-31(36)34(21-26-9-7-8-24(2)20-26)25(3)32(37)33-27-10-5-6-11-27/h7-9,12-20,25,27H,5-6,10-11,21-22H2,1-4H3,(H,33,37)/t25-/m0/s1. The fraction of sp³-hybridized carbons (Fsp3) is 0.375. The highest BCUT2D eigenvalue weighted by Gasteiger charge is 2.33. The zero-order valence-corrected chi connectivity index (χ0v) is 25.0. The third-order valence-electron chi connectivity index (χ3n) is 7.55. The first-order valence-corrected chi connectivity index (χ1v) is 15.4. The predicted octanol–water partition coefficient (Wildman–Crippen LogP) is 4.98. The van der Waals surface area contributed by atoms with Gasteiger partial charge in [0.25, 0.3) is 10.0 Å². The maximum Gasteiger partial charge on any atom is 0.264 e. The quantitative estimate of drug-likeness (QED) is 0.347. The number of anilines is 1. The second-order valence-electron chi connectivity index (χ2n) is 10.7.